The zero-order valence-corrected chi connectivity index (χ0v) is 15.9. The van der Waals surface area contributed by atoms with Crippen LogP contribution >= 0.6 is 15.9 Å². The predicted molar refractivity (Wildman–Crippen MR) is 102 cm³/mol. The molecule has 1 amide bonds. The maximum absolute atomic E-state index is 12.7. The highest BCUT2D eigenvalue weighted by molar-refractivity contribution is 9.10. The third kappa shape index (κ3) is 3.42. The predicted octanol–water partition coefficient (Wildman–Crippen LogP) is 4.07. The number of carbonyl (C=O) groups is 2. The first-order valence-corrected chi connectivity index (χ1v) is 9.29. The first kappa shape index (κ1) is 18.3. The minimum Gasteiger partial charge on any atom is -0.507 e. The second-order valence-electron chi connectivity index (χ2n) is 6.11. The Kier molecular flexibility index (Phi) is 5.52. The summed E-state index contributed by atoms with van der Waals surface area (Å²) in [5.74, 6) is -1.43. The average Bonchev–Trinajstić information content (AvgIpc) is 2.91. The molecular formula is C20H19BrN2O3. The summed E-state index contributed by atoms with van der Waals surface area (Å²) in [5.41, 5.74) is 1.15. The van der Waals surface area contributed by atoms with E-state index in [4.69, 9.17) is 0 Å². The Balaban J connectivity index is 2.14. The highest BCUT2D eigenvalue weighted by Gasteiger charge is 2.46. The number of benzene rings is 1. The summed E-state index contributed by atoms with van der Waals surface area (Å²) < 4.78 is 0.860. The number of rotatable bonds is 5. The SMILES string of the molecule is CCCCN1C(=O)C(=O)/C(=C(\O)c2ccc(Br)cc2)C1c1ccccn1. The molecule has 0 aliphatic carbocycles. The summed E-state index contributed by atoms with van der Waals surface area (Å²) in [6, 6.07) is 11.6. The maximum Gasteiger partial charge on any atom is 0.295 e. The van der Waals surface area contributed by atoms with Crippen molar-refractivity contribution in [2.75, 3.05) is 6.54 Å². The van der Waals surface area contributed by atoms with Gasteiger partial charge in [-0.2, -0.15) is 0 Å². The van der Waals surface area contributed by atoms with Gasteiger partial charge >= 0.3 is 0 Å². The van der Waals surface area contributed by atoms with Crippen molar-refractivity contribution < 1.29 is 14.7 Å². The van der Waals surface area contributed by atoms with Crippen LogP contribution in [0.5, 0.6) is 0 Å². The Bertz CT molecular complexity index is 847. The van der Waals surface area contributed by atoms with Crippen LogP contribution < -0.4 is 0 Å². The Hall–Kier alpha value is -2.47. The maximum atomic E-state index is 12.7. The molecular weight excluding hydrogens is 396 g/mol. The molecule has 2 heterocycles. The lowest BCUT2D eigenvalue weighted by atomic mass is 9.98. The van der Waals surface area contributed by atoms with E-state index >= 15 is 0 Å². The largest absolute Gasteiger partial charge is 0.507 e. The second-order valence-corrected chi connectivity index (χ2v) is 7.02. The monoisotopic (exact) mass is 414 g/mol. The van der Waals surface area contributed by atoms with Gasteiger partial charge in [-0.05, 0) is 30.7 Å². The lowest BCUT2D eigenvalue weighted by molar-refractivity contribution is -0.140. The van der Waals surface area contributed by atoms with Gasteiger partial charge in [-0.15, -0.1) is 0 Å². The summed E-state index contributed by atoms with van der Waals surface area (Å²) in [4.78, 5) is 31.1. The van der Waals surface area contributed by atoms with E-state index in [0.717, 1.165) is 17.3 Å². The number of Topliss-reactive ketones (excluding diaryl/α,β-unsaturated/α-hetero) is 1. The van der Waals surface area contributed by atoms with E-state index in [1.807, 2.05) is 13.0 Å². The third-order valence-corrected chi connectivity index (χ3v) is 4.91. The Morgan fingerprint density at radius 3 is 2.54 bits per heavy atom. The van der Waals surface area contributed by atoms with Crippen molar-refractivity contribution in [3.63, 3.8) is 0 Å². The van der Waals surface area contributed by atoms with Gasteiger partial charge in [0.2, 0.25) is 0 Å². The lowest BCUT2D eigenvalue weighted by Crippen LogP contribution is -2.31. The molecule has 134 valence electrons. The highest BCUT2D eigenvalue weighted by Crippen LogP contribution is 2.38. The molecule has 1 aliphatic rings. The number of unbranched alkanes of at least 4 members (excludes halogenated alkanes) is 1. The summed E-state index contributed by atoms with van der Waals surface area (Å²) in [6.07, 6.45) is 3.29. The van der Waals surface area contributed by atoms with Gasteiger partial charge in [0, 0.05) is 22.8 Å². The molecule has 2 aromatic rings. The van der Waals surface area contributed by atoms with Gasteiger partial charge in [0.05, 0.1) is 11.3 Å². The van der Waals surface area contributed by atoms with Gasteiger partial charge in [-0.25, -0.2) is 0 Å². The van der Waals surface area contributed by atoms with E-state index in [1.54, 1.807) is 42.6 Å². The van der Waals surface area contributed by atoms with Crippen molar-refractivity contribution in [2.24, 2.45) is 0 Å². The molecule has 0 spiro atoms. The molecule has 26 heavy (non-hydrogen) atoms. The number of aliphatic hydroxyl groups excluding tert-OH is 1. The van der Waals surface area contributed by atoms with Crippen molar-refractivity contribution in [3.05, 3.63) is 70.0 Å². The van der Waals surface area contributed by atoms with Crippen LogP contribution in [-0.4, -0.2) is 33.2 Å². The molecule has 1 saturated heterocycles. The fraction of sp³-hybridized carbons (Fsp3) is 0.250. The first-order chi connectivity index (χ1) is 12.5. The summed E-state index contributed by atoms with van der Waals surface area (Å²) in [5, 5.41) is 10.8. The molecule has 6 heteroatoms. The molecule has 1 N–H and O–H groups in total. The van der Waals surface area contributed by atoms with Crippen LogP contribution in [0.4, 0.5) is 0 Å². The molecule has 0 radical (unpaired) electrons. The van der Waals surface area contributed by atoms with Crippen LogP contribution in [-0.2, 0) is 9.59 Å². The smallest absolute Gasteiger partial charge is 0.295 e. The number of nitrogens with zero attached hydrogens (tertiary/aromatic N) is 2. The zero-order valence-electron chi connectivity index (χ0n) is 14.4. The number of ketones is 1. The van der Waals surface area contributed by atoms with Crippen LogP contribution in [0, 0.1) is 0 Å². The Morgan fingerprint density at radius 1 is 1.19 bits per heavy atom. The van der Waals surface area contributed by atoms with Gasteiger partial charge in [0.25, 0.3) is 11.7 Å². The second kappa shape index (κ2) is 7.83. The molecule has 1 aliphatic heterocycles. The van der Waals surface area contributed by atoms with Crippen LogP contribution in [0.25, 0.3) is 5.76 Å². The quantitative estimate of drug-likeness (QED) is 0.454. The van der Waals surface area contributed by atoms with E-state index in [-0.39, 0.29) is 11.3 Å². The van der Waals surface area contributed by atoms with E-state index in [9.17, 15) is 14.7 Å². The van der Waals surface area contributed by atoms with Crippen molar-refractivity contribution in [1.82, 2.24) is 9.88 Å². The minimum absolute atomic E-state index is 0.0899. The van der Waals surface area contributed by atoms with E-state index in [0.29, 0.717) is 17.8 Å². The number of carbonyl (C=O) groups excluding carboxylic acids is 2. The first-order valence-electron chi connectivity index (χ1n) is 8.50. The topological polar surface area (TPSA) is 70.5 Å². The zero-order chi connectivity index (χ0) is 18.7. The summed E-state index contributed by atoms with van der Waals surface area (Å²) >= 11 is 3.35. The van der Waals surface area contributed by atoms with E-state index < -0.39 is 17.7 Å². The third-order valence-electron chi connectivity index (χ3n) is 4.38. The van der Waals surface area contributed by atoms with Gasteiger partial charge in [-0.1, -0.05) is 47.5 Å². The molecule has 3 rings (SSSR count). The molecule has 1 aromatic heterocycles. The summed E-state index contributed by atoms with van der Waals surface area (Å²) in [7, 11) is 0. The Labute approximate surface area is 160 Å². The van der Waals surface area contributed by atoms with Crippen molar-refractivity contribution in [3.8, 4) is 0 Å². The number of hydrogen-bond acceptors (Lipinski definition) is 4. The Morgan fingerprint density at radius 2 is 1.92 bits per heavy atom. The van der Waals surface area contributed by atoms with Crippen molar-refractivity contribution in [1.29, 1.82) is 0 Å². The number of likely N-dealkylation sites (tertiary alicyclic amines) is 1. The number of hydrogen-bond donors (Lipinski definition) is 1. The van der Waals surface area contributed by atoms with E-state index in [1.165, 1.54) is 4.90 Å². The van der Waals surface area contributed by atoms with Crippen LogP contribution in [0.3, 0.4) is 0 Å². The molecule has 5 nitrogen and oxygen atoms in total. The minimum atomic E-state index is -0.675. The normalized spacial score (nSPS) is 19.2. The molecule has 1 aromatic carbocycles. The average molecular weight is 415 g/mol. The van der Waals surface area contributed by atoms with Crippen molar-refractivity contribution in [2.45, 2.75) is 25.8 Å². The molecule has 1 unspecified atom stereocenters. The van der Waals surface area contributed by atoms with Gasteiger partial charge in [0.1, 0.15) is 11.8 Å². The van der Waals surface area contributed by atoms with Crippen LogP contribution in [0.2, 0.25) is 0 Å². The number of amides is 1. The number of halogens is 1. The fourth-order valence-corrected chi connectivity index (χ4v) is 3.31. The van der Waals surface area contributed by atoms with Gasteiger partial charge in [-0.3, -0.25) is 14.6 Å². The molecule has 1 fully saturated rings. The number of pyridine rings is 1. The van der Waals surface area contributed by atoms with Gasteiger partial charge < -0.3 is 10.0 Å². The lowest BCUT2D eigenvalue weighted by Gasteiger charge is -2.24. The fourth-order valence-electron chi connectivity index (χ4n) is 3.05. The molecule has 1 atom stereocenters. The standard InChI is InChI=1S/C20H19BrN2O3/c1-2-3-12-23-17(15-6-4-5-11-22-15)16(19(25)20(23)26)18(24)13-7-9-14(21)10-8-13/h4-11,17,24H,2-3,12H2,1H3/b18-16-. The van der Waals surface area contributed by atoms with Crippen LogP contribution in [0.15, 0.2) is 58.7 Å². The molecule has 0 bridgehead atoms. The number of aromatic nitrogens is 1. The van der Waals surface area contributed by atoms with Crippen molar-refractivity contribution >= 4 is 33.4 Å². The molecule has 0 saturated carbocycles. The van der Waals surface area contributed by atoms with E-state index in [2.05, 4.69) is 20.9 Å². The number of aliphatic hydroxyl groups is 1. The highest BCUT2D eigenvalue weighted by atomic mass is 79.9. The van der Waals surface area contributed by atoms with Gasteiger partial charge in [0.15, 0.2) is 0 Å². The summed E-state index contributed by atoms with van der Waals surface area (Å²) in [6.45, 7) is 2.47. The van der Waals surface area contributed by atoms with Crippen LogP contribution in [0.1, 0.15) is 37.1 Å².